The van der Waals surface area contributed by atoms with Gasteiger partial charge < -0.3 is 23.9 Å². The number of nitro groups is 1. The monoisotopic (exact) mass is 422 g/mol. The molecule has 158 valence electrons. The maximum Gasteiger partial charge on any atom is 0.327 e. The van der Waals surface area contributed by atoms with E-state index in [0.717, 1.165) is 16.4 Å². The van der Waals surface area contributed by atoms with Crippen molar-refractivity contribution in [1.29, 1.82) is 0 Å². The summed E-state index contributed by atoms with van der Waals surface area (Å²) >= 11 is 0. The predicted octanol–water partition coefficient (Wildman–Crippen LogP) is 4.77. The fourth-order valence-corrected chi connectivity index (χ4v) is 3.50. The highest BCUT2D eigenvalue weighted by molar-refractivity contribution is 6.11. The Kier molecular flexibility index (Phi) is 5.08. The van der Waals surface area contributed by atoms with Crippen LogP contribution in [-0.2, 0) is 0 Å². The van der Waals surface area contributed by atoms with E-state index in [1.807, 2.05) is 24.3 Å². The van der Waals surface area contributed by atoms with Gasteiger partial charge in [0, 0.05) is 22.5 Å². The average Bonchev–Trinajstić information content (AvgIpc) is 3.15. The molecule has 4 rings (SSSR count). The van der Waals surface area contributed by atoms with Crippen molar-refractivity contribution in [1.82, 2.24) is 0 Å². The molecule has 31 heavy (non-hydrogen) atoms. The molecule has 0 bridgehead atoms. The van der Waals surface area contributed by atoms with Crippen LogP contribution >= 0.6 is 0 Å². The molecule has 1 aromatic heterocycles. The van der Waals surface area contributed by atoms with Gasteiger partial charge in [0.2, 0.25) is 11.5 Å². The van der Waals surface area contributed by atoms with Gasteiger partial charge in [0.25, 0.3) is 5.91 Å². The molecule has 0 aliphatic heterocycles. The zero-order chi connectivity index (χ0) is 22.1. The lowest BCUT2D eigenvalue weighted by atomic mass is 10.1. The van der Waals surface area contributed by atoms with Crippen LogP contribution in [0.2, 0.25) is 0 Å². The van der Waals surface area contributed by atoms with E-state index in [4.69, 9.17) is 18.6 Å². The molecule has 0 radical (unpaired) electrons. The number of benzene rings is 3. The van der Waals surface area contributed by atoms with Gasteiger partial charge in [0.15, 0.2) is 5.75 Å². The maximum absolute atomic E-state index is 13.0. The Labute approximate surface area is 176 Å². The van der Waals surface area contributed by atoms with Gasteiger partial charge in [-0.1, -0.05) is 18.2 Å². The van der Waals surface area contributed by atoms with Crippen molar-refractivity contribution in [3.63, 3.8) is 0 Å². The van der Waals surface area contributed by atoms with Gasteiger partial charge in [-0.05, 0) is 24.3 Å². The molecule has 3 aromatic carbocycles. The van der Waals surface area contributed by atoms with E-state index < -0.39 is 16.5 Å². The minimum atomic E-state index is -0.696. The topological polar surface area (TPSA) is 113 Å². The fourth-order valence-electron chi connectivity index (χ4n) is 3.50. The molecule has 0 aliphatic rings. The quantitative estimate of drug-likeness (QED) is 0.352. The SMILES string of the molecule is COc1cc(C(=O)Nc2ccc3oc4ccccc4c3c2)c([N+](=O)[O-])c(OC)c1OC. The summed E-state index contributed by atoms with van der Waals surface area (Å²) < 4.78 is 21.4. The number of para-hydroxylation sites is 1. The minimum absolute atomic E-state index is 0.0273. The number of anilines is 1. The highest BCUT2D eigenvalue weighted by Crippen LogP contribution is 2.46. The summed E-state index contributed by atoms with van der Waals surface area (Å²) in [5.74, 6) is -0.739. The number of carbonyl (C=O) groups is 1. The second-order valence-corrected chi connectivity index (χ2v) is 6.56. The minimum Gasteiger partial charge on any atom is -0.493 e. The van der Waals surface area contributed by atoms with Gasteiger partial charge in [0.1, 0.15) is 16.7 Å². The molecule has 1 heterocycles. The number of nitrogens with one attached hydrogen (secondary N) is 1. The van der Waals surface area contributed by atoms with Crippen LogP contribution in [-0.4, -0.2) is 32.2 Å². The summed E-state index contributed by atoms with van der Waals surface area (Å²) in [7, 11) is 3.95. The van der Waals surface area contributed by atoms with E-state index in [9.17, 15) is 14.9 Å². The number of nitro benzene ring substituents is 1. The highest BCUT2D eigenvalue weighted by Gasteiger charge is 2.32. The molecular weight excluding hydrogens is 404 g/mol. The molecule has 0 fully saturated rings. The molecule has 0 aliphatic carbocycles. The normalized spacial score (nSPS) is 10.8. The van der Waals surface area contributed by atoms with E-state index in [-0.39, 0.29) is 22.8 Å². The number of hydrogen-bond donors (Lipinski definition) is 1. The molecule has 0 saturated heterocycles. The second-order valence-electron chi connectivity index (χ2n) is 6.56. The number of rotatable bonds is 6. The Morgan fingerprint density at radius 3 is 2.32 bits per heavy atom. The van der Waals surface area contributed by atoms with Crippen molar-refractivity contribution >= 4 is 39.2 Å². The van der Waals surface area contributed by atoms with Gasteiger partial charge in [-0.2, -0.15) is 0 Å². The first-order chi connectivity index (χ1) is 15.0. The van der Waals surface area contributed by atoms with Crippen molar-refractivity contribution in [3.8, 4) is 17.2 Å². The molecule has 0 atom stereocenters. The van der Waals surface area contributed by atoms with Gasteiger partial charge in [-0.3, -0.25) is 14.9 Å². The Bertz CT molecular complexity index is 1330. The Balaban J connectivity index is 1.79. The third kappa shape index (κ3) is 3.35. The van der Waals surface area contributed by atoms with Crippen molar-refractivity contribution < 1.29 is 28.3 Å². The summed E-state index contributed by atoms with van der Waals surface area (Å²) in [6.45, 7) is 0. The van der Waals surface area contributed by atoms with Crippen LogP contribution in [0.1, 0.15) is 10.4 Å². The molecule has 0 spiro atoms. The number of carbonyl (C=O) groups excluding carboxylic acids is 1. The van der Waals surface area contributed by atoms with Crippen LogP contribution in [0.3, 0.4) is 0 Å². The van der Waals surface area contributed by atoms with E-state index >= 15 is 0 Å². The van der Waals surface area contributed by atoms with Crippen molar-refractivity contribution in [2.24, 2.45) is 0 Å². The molecule has 0 saturated carbocycles. The first-order valence-electron chi connectivity index (χ1n) is 9.18. The third-order valence-electron chi connectivity index (χ3n) is 4.87. The number of ether oxygens (including phenoxy) is 3. The number of hydrogen-bond acceptors (Lipinski definition) is 7. The van der Waals surface area contributed by atoms with E-state index in [1.165, 1.54) is 27.4 Å². The summed E-state index contributed by atoms with van der Waals surface area (Å²) in [4.78, 5) is 24.1. The predicted molar refractivity (Wildman–Crippen MR) is 114 cm³/mol. The van der Waals surface area contributed by atoms with Crippen LogP contribution in [0.25, 0.3) is 21.9 Å². The maximum atomic E-state index is 13.0. The van der Waals surface area contributed by atoms with Crippen LogP contribution in [0.15, 0.2) is 52.9 Å². The van der Waals surface area contributed by atoms with E-state index in [2.05, 4.69) is 5.32 Å². The Hall–Kier alpha value is -4.27. The van der Waals surface area contributed by atoms with Gasteiger partial charge >= 0.3 is 5.69 Å². The number of furan rings is 1. The summed E-state index contributed by atoms with van der Waals surface area (Å²) in [5, 5.41) is 16.2. The summed E-state index contributed by atoms with van der Waals surface area (Å²) in [6.07, 6.45) is 0. The largest absolute Gasteiger partial charge is 0.493 e. The van der Waals surface area contributed by atoms with Crippen molar-refractivity contribution in [2.75, 3.05) is 26.6 Å². The second kappa shape index (κ2) is 7.86. The molecule has 9 heteroatoms. The van der Waals surface area contributed by atoms with E-state index in [1.54, 1.807) is 18.2 Å². The Morgan fingerprint density at radius 2 is 1.65 bits per heavy atom. The molecule has 4 aromatic rings. The number of amides is 1. The van der Waals surface area contributed by atoms with Crippen LogP contribution in [0.4, 0.5) is 11.4 Å². The van der Waals surface area contributed by atoms with Gasteiger partial charge in [-0.25, -0.2) is 0 Å². The fraction of sp³-hybridized carbons (Fsp3) is 0.136. The number of nitrogens with zero attached hydrogens (tertiary/aromatic N) is 1. The first-order valence-corrected chi connectivity index (χ1v) is 9.18. The third-order valence-corrected chi connectivity index (χ3v) is 4.87. The summed E-state index contributed by atoms with van der Waals surface area (Å²) in [5.41, 5.74) is 1.09. The lowest BCUT2D eigenvalue weighted by molar-refractivity contribution is -0.386. The van der Waals surface area contributed by atoms with Crippen LogP contribution < -0.4 is 19.5 Å². The number of fused-ring (bicyclic) bond motifs is 3. The zero-order valence-corrected chi connectivity index (χ0v) is 16.9. The molecule has 1 N–H and O–H groups in total. The standard InChI is InChI=1S/C22H18N2O7/c1-28-18-11-15(19(24(26)27)21(30-3)20(18)29-2)22(25)23-12-8-9-17-14(10-12)13-6-4-5-7-16(13)31-17/h4-11H,1-3H3,(H,23,25). The van der Waals surface area contributed by atoms with Crippen LogP contribution in [0.5, 0.6) is 17.2 Å². The lowest BCUT2D eigenvalue weighted by Crippen LogP contribution is -2.15. The van der Waals surface area contributed by atoms with Gasteiger partial charge in [0.05, 0.1) is 26.3 Å². The summed E-state index contributed by atoms with van der Waals surface area (Å²) in [6, 6.07) is 13.9. The highest BCUT2D eigenvalue weighted by atomic mass is 16.6. The first kappa shape index (κ1) is 20.0. The smallest absolute Gasteiger partial charge is 0.327 e. The average molecular weight is 422 g/mol. The number of methoxy groups -OCH3 is 3. The molecule has 1 amide bonds. The molecule has 0 unspecified atom stereocenters. The lowest BCUT2D eigenvalue weighted by Gasteiger charge is -2.15. The van der Waals surface area contributed by atoms with Crippen molar-refractivity contribution in [3.05, 3.63) is 64.2 Å². The van der Waals surface area contributed by atoms with Crippen molar-refractivity contribution in [2.45, 2.75) is 0 Å². The van der Waals surface area contributed by atoms with Gasteiger partial charge in [-0.15, -0.1) is 0 Å². The van der Waals surface area contributed by atoms with E-state index in [0.29, 0.717) is 11.3 Å². The Morgan fingerprint density at radius 1 is 0.935 bits per heavy atom. The molecule has 9 nitrogen and oxygen atoms in total. The molecular formula is C22H18N2O7. The van der Waals surface area contributed by atoms with Crippen LogP contribution in [0, 0.1) is 10.1 Å². The zero-order valence-electron chi connectivity index (χ0n) is 16.9.